The minimum atomic E-state index is -1.68. The van der Waals surface area contributed by atoms with Crippen LogP contribution in [0.3, 0.4) is 0 Å². The van der Waals surface area contributed by atoms with Crippen LogP contribution in [-0.2, 0) is 0 Å². The van der Waals surface area contributed by atoms with E-state index in [0.717, 1.165) is 121 Å². The molecule has 0 radical (unpaired) electrons. The molecule has 8 nitrogen and oxygen atoms in total. The fraction of sp³-hybridized carbons (Fsp3) is 0.390. The van der Waals surface area contributed by atoms with Gasteiger partial charge in [0.15, 0.2) is 0 Å². The van der Waals surface area contributed by atoms with E-state index in [2.05, 4.69) is 187 Å². The van der Waals surface area contributed by atoms with Gasteiger partial charge in [0.2, 0.25) is 0 Å². The maximum Gasteiger partial charge on any atom is 0.130 e. The monoisotopic (exact) mass is 927 g/mol. The molecule has 0 atom stereocenters. The normalized spacial score (nSPS) is 12.1. The predicted molar refractivity (Wildman–Crippen MR) is 288 cm³/mol. The molecule has 7 rings (SSSR count). The molecule has 0 amide bonds. The smallest absolute Gasteiger partial charge is 0.130 e. The van der Waals surface area contributed by atoms with Gasteiger partial charge in [0.1, 0.15) is 31.1 Å². The number of fused-ring (bicyclic) bond motifs is 8. The SMILES string of the molecule is CC(C)CCOc1cc(OCCC(C)C)cc(-c2c3nc(c(C#CC#C[Si](C)(C)C)c4ccc([nH]4)c(-c4cc(OCCC(C)C)cc(OCCC(C)C)c4)c4nc(cc5ccc2[nH]5)C=C4)C=C3)c1. The lowest BCUT2D eigenvalue weighted by atomic mass is 10.0. The van der Waals surface area contributed by atoms with Crippen LogP contribution in [0.25, 0.3) is 68.6 Å². The van der Waals surface area contributed by atoms with E-state index in [9.17, 15) is 0 Å². The van der Waals surface area contributed by atoms with Gasteiger partial charge in [0, 0.05) is 39.8 Å². The van der Waals surface area contributed by atoms with Gasteiger partial charge in [-0.2, -0.15) is 0 Å². The summed E-state index contributed by atoms with van der Waals surface area (Å²) in [6.45, 7) is 26.8. The number of aromatic amines is 2. The summed E-state index contributed by atoms with van der Waals surface area (Å²) in [5, 5.41) is 0. The minimum Gasteiger partial charge on any atom is -0.493 e. The van der Waals surface area contributed by atoms with E-state index in [0.29, 0.717) is 50.1 Å². The summed E-state index contributed by atoms with van der Waals surface area (Å²) in [5.74, 6) is 15.0. The number of benzene rings is 2. The van der Waals surface area contributed by atoms with Crippen LogP contribution in [-0.4, -0.2) is 54.4 Å². The van der Waals surface area contributed by atoms with Gasteiger partial charge in [-0.25, -0.2) is 9.97 Å². The van der Waals surface area contributed by atoms with Gasteiger partial charge in [-0.1, -0.05) is 75.0 Å². The number of rotatable bonds is 18. The number of aromatic nitrogens is 4. The quantitative estimate of drug-likeness (QED) is 0.0658. The van der Waals surface area contributed by atoms with Crippen molar-refractivity contribution in [1.29, 1.82) is 0 Å². The van der Waals surface area contributed by atoms with Crippen LogP contribution in [0.5, 0.6) is 23.0 Å². The molecule has 2 N–H and O–H groups in total. The molecule has 2 aliphatic heterocycles. The van der Waals surface area contributed by atoms with Crippen molar-refractivity contribution in [3.8, 4) is 68.6 Å². The lowest BCUT2D eigenvalue weighted by molar-refractivity contribution is 0.276. The molecule has 354 valence electrons. The zero-order valence-electron chi connectivity index (χ0n) is 42.2. The summed E-state index contributed by atoms with van der Waals surface area (Å²) in [6, 6.07) is 22.9. The molecule has 2 aromatic carbocycles. The van der Waals surface area contributed by atoms with E-state index >= 15 is 0 Å². The Labute approximate surface area is 406 Å². The molecule has 0 saturated carbocycles. The predicted octanol–water partition coefficient (Wildman–Crippen LogP) is 14.9. The molecule has 0 unspecified atom stereocenters. The van der Waals surface area contributed by atoms with Crippen LogP contribution in [0, 0.1) is 47.0 Å². The Morgan fingerprint density at radius 1 is 0.485 bits per heavy atom. The van der Waals surface area contributed by atoms with Crippen molar-refractivity contribution in [2.24, 2.45) is 23.7 Å². The van der Waals surface area contributed by atoms with Gasteiger partial charge >= 0.3 is 0 Å². The molecular formula is C59H70N4O4Si. The second kappa shape index (κ2) is 22.6. The standard InChI is InChI=1S/C59H70N4O4Si/c1-39(2)23-27-64-47-32-43(33-48(37-47)65-28-24-40(3)4)58-54-17-15-45(60-54)36-46-16-18-55(61-46)59(44-34-49(66-29-25-41(5)6)38-50(35-44)67-30-26-42(7)8)57-22-20-53(63-57)51(52-19-21-56(58)62-52)14-12-13-31-68(9,10)11/h15-22,32-42,60,63H,23-30H2,1-11H3. The molecule has 0 fully saturated rings. The first-order valence-corrected chi connectivity index (χ1v) is 28.1. The van der Waals surface area contributed by atoms with E-state index in [1.807, 2.05) is 12.1 Å². The Morgan fingerprint density at radius 3 is 1.43 bits per heavy atom. The molecule has 5 heterocycles. The largest absolute Gasteiger partial charge is 0.493 e. The Balaban J connectivity index is 1.50. The van der Waals surface area contributed by atoms with Crippen LogP contribution in [0.2, 0.25) is 19.6 Å². The van der Waals surface area contributed by atoms with Crippen LogP contribution in [0.1, 0.15) is 109 Å². The van der Waals surface area contributed by atoms with Crippen molar-refractivity contribution in [2.45, 2.75) is 101 Å². The average Bonchev–Trinajstić information content (AvgIpc) is 4.10. The number of ether oxygens (including phenoxy) is 4. The molecule has 2 aliphatic rings. The number of nitrogens with zero attached hydrogens (tertiary/aromatic N) is 2. The third-order valence-corrected chi connectivity index (χ3v) is 12.3. The van der Waals surface area contributed by atoms with Crippen molar-refractivity contribution in [3.63, 3.8) is 0 Å². The highest BCUT2D eigenvalue weighted by atomic mass is 28.3. The minimum absolute atomic E-state index is 0.517. The molecule has 0 saturated heterocycles. The first kappa shape index (κ1) is 49.5. The Hall–Kier alpha value is -6.42. The molecule has 0 spiro atoms. The van der Waals surface area contributed by atoms with Gasteiger partial charge in [0.05, 0.1) is 60.3 Å². The lowest BCUT2D eigenvalue weighted by Crippen LogP contribution is -2.16. The number of nitrogens with one attached hydrogen (secondary N) is 2. The highest BCUT2D eigenvalue weighted by Gasteiger charge is 2.19. The van der Waals surface area contributed by atoms with Crippen molar-refractivity contribution < 1.29 is 18.9 Å². The zero-order chi connectivity index (χ0) is 48.4. The van der Waals surface area contributed by atoms with E-state index in [1.54, 1.807) is 0 Å². The third-order valence-electron chi connectivity index (χ3n) is 11.5. The first-order chi connectivity index (χ1) is 32.6. The highest BCUT2D eigenvalue weighted by Crippen LogP contribution is 2.38. The van der Waals surface area contributed by atoms with E-state index in [4.69, 9.17) is 28.9 Å². The molecular weight excluding hydrogens is 857 g/mol. The van der Waals surface area contributed by atoms with Crippen molar-refractivity contribution in [1.82, 2.24) is 19.9 Å². The number of hydrogen-bond donors (Lipinski definition) is 2. The van der Waals surface area contributed by atoms with Crippen molar-refractivity contribution in [2.75, 3.05) is 26.4 Å². The van der Waals surface area contributed by atoms with Gasteiger partial charge in [-0.15, -0.1) is 5.54 Å². The van der Waals surface area contributed by atoms with Crippen LogP contribution in [0.15, 0.2) is 66.7 Å². The van der Waals surface area contributed by atoms with E-state index < -0.39 is 8.07 Å². The maximum absolute atomic E-state index is 6.42. The zero-order valence-corrected chi connectivity index (χ0v) is 43.2. The fourth-order valence-electron chi connectivity index (χ4n) is 7.61. The summed E-state index contributed by atoms with van der Waals surface area (Å²) >= 11 is 0. The molecule has 3 aromatic heterocycles. The lowest BCUT2D eigenvalue weighted by Gasteiger charge is -2.14. The van der Waals surface area contributed by atoms with E-state index in [-0.39, 0.29) is 0 Å². The van der Waals surface area contributed by atoms with Gasteiger partial charge < -0.3 is 28.9 Å². The van der Waals surface area contributed by atoms with Crippen LogP contribution >= 0.6 is 0 Å². The Kier molecular flexibility index (Phi) is 16.4. The third kappa shape index (κ3) is 13.8. The topological polar surface area (TPSA) is 94.3 Å². The summed E-state index contributed by atoms with van der Waals surface area (Å²) in [4.78, 5) is 18.2. The number of H-pyrrole nitrogens is 2. The van der Waals surface area contributed by atoms with Gasteiger partial charge in [0.25, 0.3) is 0 Å². The maximum atomic E-state index is 6.42. The van der Waals surface area contributed by atoms with Gasteiger partial charge in [-0.3, -0.25) is 0 Å². The van der Waals surface area contributed by atoms with Crippen molar-refractivity contribution in [3.05, 3.63) is 95.1 Å². The summed E-state index contributed by atoms with van der Waals surface area (Å²) in [5.41, 5.74) is 14.5. The van der Waals surface area contributed by atoms with Gasteiger partial charge in [-0.05, 0) is 157 Å². The fourth-order valence-corrected chi connectivity index (χ4v) is 8.04. The Bertz CT molecular complexity index is 2800. The highest BCUT2D eigenvalue weighted by molar-refractivity contribution is 6.83. The Morgan fingerprint density at radius 2 is 0.926 bits per heavy atom. The van der Waals surface area contributed by atoms with E-state index in [1.165, 1.54) is 0 Å². The average molecular weight is 927 g/mol. The second-order valence-electron chi connectivity index (χ2n) is 20.6. The summed E-state index contributed by atoms with van der Waals surface area (Å²) in [6.07, 6.45) is 12.1. The van der Waals surface area contributed by atoms with Crippen molar-refractivity contribution >= 4 is 54.4 Å². The molecule has 9 heteroatoms. The molecule has 0 aliphatic carbocycles. The summed E-state index contributed by atoms with van der Waals surface area (Å²) in [7, 11) is -1.68. The second-order valence-corrected chi connectivity index (χ2v) is 25.4. The summed E-state index contributed by atoms with van der Waals surface area (Å²) < 4.78 is 25.7. The first-order valence-electron chi connectivity index (χ1n) is 24.6. The molecule has 8 bridgehead atoms. The molecule has 68 heavy (non-hydrogen) atoms. The molecule has 5 aromatic rings. The van der Waals surface area contributed by atoms with Crippen LogP contribution < -0.4 is 18.9 Å². The number of hydrogen-bond acceptors (Lipinski definition) is 6. The van der Waals surface area contributed by atoms with Crippen LogP contribution in [0.4, 0.5) is 0 Å².